The van der Waals surface area contributed by atoms with Crippen molar-refractivity contribution in [3.05, 3.63) is 35.9 Å². The predicted molar refractivity (Wildman–Crippen MR) is 78.5 cm³/mol. The van der Waals surface area contributed by atoms with Gasteiger partial charge >= 0.3 is 0 Å². The Balaban J connectivity index is 2.17. The smallest absolute Gasteiger partial charge is 0.120 e. The number of benzene rings is 1. The first-order chi connectivity index (χ1) is 9.24. The quantitative estimate of drug-likeness (QED) is 0.734. The van der Waals surface area contributed by atoms with Gasteiger partial charge in [-0.05, 0) is 55.8 Å². The molecular formula is C16H23NO2. The zero-order valence-electron chi connectivity index (χ0n) is 11.9. The van der Waals surface area contributed by atoms with Crippen molar-refractivity contribution >= 4 is 6.08 Å². The second kappa shape index (κ2) is 6.73. The minimum absolute atomic E-state index is 0.504. The Hall–Kier alpha value is -1.32. The van der Waals surface area contributed by atoms with Crippen LogP contribution in [-0.2, 0) is 4.74 Å². The molecule has 1 aliphatic rings. The van der Waals surface area contributed by atoms with Crippen molar-refractivity contribution in [2.75, 3.05) is 33.9 Å². The molecule has 1 fully saturated rings. The molecule has 1 unspecified atom stereocenters. The fourth-order valence-corrected chi connectivity index (χ4v) is 2.61. The van der Waals surface area contributed by atoms with E-state index >= 15 is 0 Å². The molecule has 1 atom stereocenters. The lowest BCUT2D eigenvalue weighted by Crippen LogP contribution is -2.17. The van der Waals surface area contributed by atoms with Gasteiger partial charge in [0.25, 0.3) is 0 Å². The molecule has 3 heteroatoms. The van der Waals surface area contributed by atoms with Crippen molar-refractivity contribution in [3.8, 4) is 5.75 Å². The summed E-state index contributed by atoms with van der Waals surface area (Å²) in [4.78, 5) is 2.40. The molecule has 0 aromatic heterocycles. The molecule has 0 spiro atoms. The number of likely N-dealkylation sites (tertiary alicyclic amines) is 1. The van der Waals surface area contributed by atoms with Crippen LogP contribution in [0.15, 0.2) is 24.8 Å². The van der Waals surface area contributed by atoms with E-state index in [2.05, 4.69) is 30.7 Å². The van der Waals surface area contributed by atoms with Crippen molar-refractivity contribution in [2.24, 2.45) is 0 Å². The van der Waals surface area contributed by atoms with Crippen LogP contribution in [0.25, 0.3) is 6.08 Å². The maximum Gasteiger partial charge on any atom is 0.120 e. The van der Waals surface area contributed by atoms with Crippen molar-refractivity contribution in [1.82, 2.24) is 4.90 Å². The molecule has 19 heavy (non-hydrogen) atoms. The highest BCUT2D eigenvalue weighted by Gasteiger charge is 2.23. The van der Waals surface area contributed by atoms with Gasteiger partial charge in [0.05, 0.1) is 6.61 Å². The van der Waals surface area contributed by atoms with Crippen LogP contribution in [0.2, 0.25) is 0 Å². The van der Waals surface area contributed by atoms with Gasteiger partial charge < -0.3 is 9.47 Å². The van der Waals surface area contributed by atoms with Crippen LogP contribution in [0.3, 0.4) is 0 Å². The van der Waals surface area contributed by atoms with Gasteiger partial charge in [-0.25, -0.2) is 0 Å². The third-order valence-corrected chi connectivity index (χ3v) is 3.65. The van der Waals surface area contributed by atoms with Gasteiger partial charge in [0.2, 0.25) is 0 Å². The van der Waals surface area contributed by atoms with Crippen LogP contribution in [0.1, 0.15) is 30.0 Å². The normalized spacial score (nSPS) is 19.6. The number of nitrogens with zero attached hydrogens (tertiary/aromatic N) is 1. The van der Waals surface area contributed by atoms with Crippen molar-refractivity contribution in [3.63, 3.8) is 0 Å². The fourth-order valence-electron chi connectivity index (χ4n) is 2.61. The summed E-state index contributed by atoms with van der Waals surface area (Å²) in [6, 6.07) is 6.89. The van der Waals surface area contributed by atoms with E-state index in [0.29, 0.717) is 19.3 Å². The Kier molecular flexibility index (Phi) is 5.00. The van der Waals surface area contributed by atoms with Crippen molar-refractivity contribution in [1.29, 1.82) is 0 Å². The van der Waals surface area contributed by atoms with E-state index in [-0.39, 0.29) is 0 Å². The minimum Gasteiger partial charge on any atom is -0.491 e. The maximum absolute atomic E-state index is 5.73. The largest absolute Gasteiger partial charge is 0.491 e. The third kappa shape index (κ3) is 3.58. The van der Waals surface area contributed by atoms with Gasteiger partial charge in [0.1, 0.15) is 12.4 Å². The molecule has 104 valence electrons. The SMILES string of the molecule is C=Cc1cc(OCCOC)cc(C2CCCN2C)c1. The van der Waals surface area contributed by atoms with Crippen LogP contribution in [0.4, 0.5) is 0 Å². The Labute approximate surface area is 115 Å². The summed E-state index contributed by atoms with van der Waals surface area (Å²) >= 11 is 0. The van der Waals surface area contributed by atoms with Crippen LogP contribution in [0, 0.1) is 0 Å². The molecule has 0 radical (unpaired) electrons. The molecule has 0 bridgehead atoms. The highest BCUT2D eigenvalue weighted by Crippen LogP contribution is 2.33. The first-order valence-electron chi connectivity index (χ1n) is 6.84. The monoisotopic (exact) mass is 261 g/mol. The van der Waals surface area contributed by atoms with Gasteiger partial charge in [0, 0.05) is 13.2 Å². The van der Waals surface area contributed by atoms with E-state index in [1.807, 2.05) is 12.1 Å². The van der Waals surface area contributed by atoms with E-state index in [0.717, 1.165) is 11.3 Å². The third-order valence-electron chi connectivity index (χ3n) is 3.65. The highest BCUT2D eigenvalue weighted by molar-refractivity contribution is 5.52. The van der Waals surface area contributed by atoms with Crippen LogP contribution >= 0.6 is 0 Å². The molecule has 0 saturated carbocycles. The summed E-state index contributed by atoms with van der Waals surface area (Å²) in [5.41, 5.74) is 2.44. The molecule has 1 saturated heterocycles. The van der Waals surface area contributed by atoms with Crippen LogP contribution in [0.5, 0.6) is 5.75 Å². The van der Waals surface area contributed by atoms with Gasteiger partial charge in [-0.15, -0.1) is 0 Å². The summed E-state index contributed by atoms with van der Waals surface area (Å²) in [5, 5.41) is 0. The van der Waals surface area contributed by atoms with Crippen molar-refractivity contribution < 1.29 is 9.47 Å². The zero-order chi connectivity index (χ0) is 13.7. The average molecular weight is 261 g/mol. The minimum atomic E-state index is 0.504. The van der Waals surface area contributed by atoms with E-state index in [4.69, 9.17) is 9.47 Å². The summed E-state index contributed by atoms with van der Waals surface area (Å²) in [7, 11) is 3.87. The standard InChI is InChI=1S/C16H23NO2/c1-4-13-10-14(16-6-5-7-17(16)2)12-15(11-13)19-9-8-18-3/h4,10-12,16H,1,5-9H2,2-3H3. The second-order valence-electron chi connectivity index (χ2n) is 5.02. The molecular weight excluding hydrogens is 238 g/mol. The van der Waals surface area contributed by atoms with Crippen molar-refractivity contribution in [2.45, 2.75) is 18.9 Å². The zero-order valence-corrected chi connectivity index (χ0v) is 11.9. The topological polar surface area (TPSA) is 21.7 Å². The predicted octanol–water partition coefficient (Wildman–Crippen LogP) is 3.12. The van der Waals surface area contributed by atoms with Gasteiger partial charge in [0.15, 0.2) is 0 Å². The number of rotatable bonds is 6. The maximum atomic E-state index is 5.73. The molecule has 1 heterocycles. The second-order valence-corrected chi connectivity index (χ2v) is 5.02. The van der Waals surface area contributed by atoms with Gasteiger partial charge in [-0.3, -0.25) is 4.90 Å². The highest BCUT2D eigenvalue weighted by atomic mass is 16.5. The molecule has 0 N–H and O–H groups in total. The lowest BCUT2D eigenvalue weighted by atomic mass is 10.0. The van der Waals surface area contributed by atoms with E-state index in [9.17, 15) is 0 Å². The number of methoxy groups -OCH3 is 1. The van der Waals surface area contributed by atoms with E-state index in [1.54, 1.807) is 7.11 Å². The molecule has 1 aromatic carbocycles. The Morgan fingerprint density at radius 3 is 2.84 bits per heavy atom. The lowest BCUT2D eigenvalue weighted by Gasteiger charge is -2.21. The van der Waals surface area contributed by atoms with Gasteiger partial charge in [-0.1, -0.05) is 12.7 Å². The Morgan fingerprint density at radius 1 is 1.37 bits per heavy atom. The van der Waals surface area contributed by atoms with Crippen LogP contribution in [-0.4, -0.2) is 38.8 Å². The molecule has 3 nitrogen and oxygen atoms in total. The van der Waals surface area contributed by atoms with E-state index in [1.165, 1.54) is 24.9 Å². The molecule has 2 rings (SSSR count). The first-order valence-corrected chi connectivity index (χ1v) is 6.84. The molecule has 0 amide bonds. The fraction of sp³-hybridized carbons (Fsp3) is 0.500. The summed E-state index contributed by atoms with van der Waals surface area (Å²) in [6.07, 6.45) is 4.36. The van der Waals surface area contributed by atoms with Gasteiger partial charge in [-0.2, -0.15) is 0 Å². The first kappa shape index (κ1) is 14.1. The molecule has 0 aliphatic carbocycles. The average Bonchev–Trinajstić information content (AvgIpc) is 2.85. The van der Waals surface area contributed by atoms with E-state index < -0.39 is 0 Å². The molecule has 1 aromatic rings. The lowest BCUT2D eigenvalue weighted by molar-refractivity contribution is 0.146. The summed E-state index contributed by atoms with van der Waals surface area (Å²) < 4.78 is 10.7. The Bertz CT molecular complexity index is 431. The number of ether oxygens (including phenoxy) is 2. The number of hydrogen-bond donors (Lipinski definition) is 0. The Morgan fingerprint density at radius 2 is 2.21 bits per heavy atom. The summed E-state index contributed by atoms with van der Waals surface area (Å²) in [6.45, 7) is 6.22. The summed E-state index contributed by atoms with van der Waals surface area (Å²) in [5.74, 6) is 0.907. The number of hydrogen-bond acceptors (Lipinski definition) is 3. The molecule has 1 aliphatic heterocycles. The van der Waals surface area contributed by atoms with Crippen LogP contribution < -0.4 is 4.74 Å².